The summed E-state index contributed by atoms with van der Waals surface area (Å²) in [6.45, 7) is 2.12. The van der Waals surface area contributed by atoms with Crippen LogP contribution < -0.4 is 0 Å². The summed E-state index contributed by atoms with van der Waals surface area (Å²) < 4.78 is 0. The van der Waals surface area contributed by atoms with Gasteiger partial charge in [0.2, 0.25) is 0 Å². The molecule has 2 nitrogen and oxygen atoms in total. The number of hydrogen-bond acceptors (Lipinski definition) is 3. The quantitative estimate of drug-likeness (QED) is 0.665. The Hall–Kier alpha value is -0.280. The summed E-state index contributed by atoms with van der Waals surface area (Å²) in [5, 5.41) is 2.03. The van der Waals surface area contributed by atoms with Crippen molar-refractivity contribution in [2.24, 2.45) is 0 Å². The minimum Gasteiger partial charge on any atom is -0.305 e. The van der Waals surface area contributed by atoms with Crippen molar-refractivity contribution in [2.75, 3.05) is 14.1 Å². The van der Waals surface area contributed by atoms with E-state index in [9.17, 15) is 4.79 Å². The molecule has 1 rings (SSSR count). The standard InChI is InChI=1S/C9H15NOS/c1-4-7(10(2)3)9-8(11)5-6-12-9/h5-7,9H,4H2,1-3H3. The molecule has 1 aliphatic rings. The van der Waals surface area contributed by atoms with Gasteiger partial charge in [-0.1, -0.05) is 6.92 Å². The first-order chi connectivity index (χ1) is 5.66. The predicted octanol–water partition coefficient (Wildman–Crippen LogP) is 1.52. The van der Waals surface area contributed by atoms with E-state index in [-0.39, 0.29) is 11.0 Å². The van der Waals surface area contributed by atoms with Gasteiger partial charge in [0.25, 0.3) is 0 Å². The lowest BCUT2D eigenvalue weighted by molar-refractivity contribution is -0.114. The van der Waals surface area contributed by atoms with Gasteiger partial charge in [0.15, 0.2) is 5.78 Å². The van der Waals surface area contributed by atoms with Crippen LogP contribution in [-0.2, 0) is 4.79 Å². The van der Waals surface area contributed by atoms with E-state index in [0.29, 0.717) is 6.04 Å². The third kappa shape index (κ3) is 1.90. The van der Waals surface area contributed by atoms with E-state index in [1.165, 1.54) is 0 Å². The number of thioether (sulfide) groups is 1. The molecule has 0 aliphatic carbocycles. The van der Waals surface area contributed by atoms with Gasteiger partial charge in [0, 0.05) is 6.04 Å². The first-order valence-corrected chi connectivity index (χ1v) is 5.13. The van der Waals surface area contributed by atoms with Gasteiger partial charge in [-0.05, 0) is 32.0 Å². The summed E-state index contributed by atoms with van der Waals surface area (Å²) in [6.07, 6.45) is 2.71. The zero-order valence-corrected chi connectivity index (χ0v) is 8.60. The van der Waals surface area contributed by atoms with E-state index >= 15 is 0 Å². The van der Waals surface area contributed by atoms with Crippen molar-refractivity contribution >= 4 is 17.5 Å². The van der Waals surface area contributed by atoms with Crippen LogP contribution in [-0.4, -0.2) is 36.1 Å². The Bertz CT molecular complexity index is 201. The van der Waals surface area contributed by atoms with Crippen LogP contribution in [0.5, 0.6) is 0 Å². The van der Waals surface area contributed by atoms with E-state index in [0.717, 1.165) is 6.42 Å². The van der Waals surface area contributed by atoms with Gasteiger partial charge in [-0.3, -0.25) is 4.79 Å². The number of allylic oxidation sites excluding steroid dienone is 1. The van der Waals surface area contributed by atoms with Crippen molar-refractivity contribution in [2.45, 2.75) is 24.6 Å². The largest absolute Gasteiger partial charge is 0.305 e. The van der Waals surface area contributed by atoms with E-state index in [2.05, 4.69) is 11.8 Å². The summed E-state index contributed by atoms with van der Waals surface area (Å²) in [7, 11) is 4.06. The molecular weight excluding hydrogens is 170 g/mol. The molecule has 0 aromatic rings. The lowest BCUT2D eigenvalue weighted by atomic mass is 10.1. The van der Waals surface area contributed by atoms with Crippen molar-refractivity contribution in [1.29, 1.82) is 0 Å². The highest BCUT2D eigenvalue weighted by Gasteiger charge is 2.29. The maximum absolute atomic E-state index is 11.3. The smallest absolute Gasteiger partial charge is 0.171 e. The molecule has 1 heterocycles. The number of ketones is 1. The molecule has 0 radical (unpaired) electrons. The first-order valence-electron chi connectivity index (χ1n) is 4.19. The predicted molar refractivity (Wildman–Crippen MR) is 53.3 cm³/mol. The number of carbonyl (C=O) groups is 1. The number of hydrogen-bond donors (Lipinski definition) is 0. The van der Waals surface area contributed by atoms with E-state index < -0.39 is 0 Å². The van der Waals surface area contributed by atoms with Crippen LogP contribution in [0.15, 0.2) is 11.5 Å². The van der Waals surface area contributed by atoms with Crippen LogP contribution in [0.4, 0.5) is 0 Å². The second kappa shape index (κ2) is 4.10. The van der Waals surface area contributed by atoms with Crippen LogP contribution >= 0.6 is 11.8 Å². The molecule has 2 atom stereocenters. The van der Waals surface area contributed by atoms with Gasteiger partial charge in [-0.25, -0.2) is 0 Å². The van der Waals surface area contributed by atoms with Crippen molar-refractivity contribution in [3.8, 4) is 0 Å². The Morgan fingerprint density at radius 1 is 1.67 bits per heavy atom. The molecule has 0 aromatic heterocycles. The molecular formula is C9H15NOS. The Labute approximate surface area is 78.0 Å². The summed E-state index contributed by atoms with van der Waals surface area (Å²) in [5.41, 5.74) is 0. The highest BCUT2D eigenvalue weighted by molar-refractivity contribution is 8.04. The fraction of sp³-hybridized carbons (Fsp3) is 0.667. The highest BCUT2D eigenvalue weighted by Crippen LogP contribution is 2.27. The van der Waals surface area contributed by atoms with E-state index in [1.807, 2.05) is 19.5 Å². The molecule has 12 heavy (non-hydrogen) atoms. The highest BCUT2D eigenvalue weighted by atomic mass is 32.2. The second-order valence-electron chi connectivity index (χ2n) is 3.20. The topological polar surface area (TPSA) is 20.3 Å². The van der Waals surface area contributed by atoms with Crippen LogP contribution in [0.2, 0.25) is 0 Å². The second-order valence-corrected chi connectivity index (χ2v) is 4.25. The maximum Gasteiger partial charge on any atom is 0.171 e. The molecule has 0 aromatic carbocycles. The van der Waals surface area contributed by atoms with Gasteiger partial charge in [0.05, 0.1) is 5.25 Å². The molecule has 0 amide bonds. The average Bonchev–Trinajstić information content (AvgIpc) is 2.38. The molecule has 0 bridgehead atoms. The summed E-state index contributed by atoms with van der Waals surface area (Å²) in [4.78, 5) is 13.5. The minimum absolute atomic E-state index is 0.130. The molecule has 3 heteroatoms. The maximum atomic E-state index is 11.3. The monoisotopic (exact) mass is 185 g/mol. The van der Waals surface area contributed by atoms with Gasteiger partial charge in [-0.15, -0.1) is 11.8 Å². The molecule has 0 saturated heterocycles. The zero-order valence-electron chi connectivity index (χ0n) is 7.78. The fourth-order valence-corrected chi connectivity index (χ4v) is 2.70. The van der Waals surface area contributed by atoms with Gasteiger partial charge in [0.1, 0.15) is 0 Å². The Morgan fingerprint density at radius 3 is 2.67 bits per heavy atom. The summed E-state index contributed by atoms with van der Waals surface area (Å²) in [5.74, 6) is 0.264. The van der Waals surface area contributed by atoms with Gasteiger partial charge >= 0.3 is 0 Å². The molecule has 0 N–H and O–H groups in total. The molecule has 1 aliphatic heterocycles. The lowest BCUT2D eigenvalue weighted by Gasteiger charge is -2.26. The fourth-order valence-electron chi connectivity index (χ4n) is 1.48. The van der Waals surface area contributed by atoms with E-state index in [1.54, 1.807) is 17.8 Å². The molecule has 0 spiro atoms. The third-order valence-corrected chi connectivity index (χ3v) is 3.30. The third-order valence-electron chi connectivity index (χ3n) is 2.17. The zero-order chi connectivity index (χ0) is 9.14. The Morgan fingerprint density at radius 2 is 2.33 bits per heavy atom. The molecule has 0 fully saturated rings. The summed E-state index contributed by atoms with van der Waals surface area (Å²) >= 11 is 1.64. The molecule has 2 unspecified atom stereocenters. The number of carbonyl (C=O) groups excluding carboxylic acids is 1. The van der Waals surface area contributed by atoms with Crippen LogP contribution in [0.1, 0.15) is 13.3 Å². The van der Waals surface area contributed by atoms with E-state index in [4.69, 9.17) is 0 Å². The van der Waals surface area contributed by atoms with Crippen LogP contribution in [0, 0.1) is 0 Å². The van der Waals surface area contributed by atoms with Crippen molar-refractivity contribution < 1.29 is 4.79 Å². The first kappa shape index (κ1) is 9.81. The number of nitrogens with zero attached hydrogens (tertiary/aromatic N) is 1. The normalized spacial score (nSPS) is 25.3. The van der Waals surface area contributed by atoms with Gasteiger partial charge < -0.3 is 4.90 Å². The van der Waals surface area contributed by atoms with Gasteiger partial charge in [-0.2, -0.15) is 0 Å². The molecule has 0 saturated carbocycles. The Kier molecular flexibility index (Phi) is 3.35. The van der Waals surface area contributed by atoms with Crippen LogP contribution in [0.25, 0.3) is 0 Å². The summed E-state index contributed by atoms with van der Waals surface area (Å²) in [6, 6.07) is 0.373. The van der Waals surface area contributed by atoms with Crippen molar-refractivity contribution in [1.82, 2.24) is 4.90 Å². The Balaban J connectivity index is 2.61. The van der Waals surface area contributed by atoms with Crippen molar-refractivity contribution in [3.05, 3.63) is 11.5 Å². The average molecular weight is 185 g/mol. The van der Waals surface area contributed by atoms with Crippen LogP contribution in [0.3, 0.4) is 0 Å². The minimum atomic E-state index is 0.130. The lowest BCUT2D eigenvalue weighted by Crippen LogP contribution is -2.39. The molecule has 68 valence electrons. The SMILES string of the molecule is CCC(C1SC=CC1=O)N(C)C. The number of rotatable bonds is 3. The van der Waals surface area contributed by atoms with Crippen molar-refractivity contribution in [3.63, 3.8) is 0 Å².